The lowest BCUT2D eigenvalue weighted by atomic mass is 9.95. The first-order chi connectivity index (χ1) is 19.4. The quantitative estimate of drug-likeness (QED) is 0.263. The van der Waals surface area contributed by atoms with E-state index < -0.39 is 11.9 Å². The summed E-state index contributed by atoms with van der Waals surface area (Å²) in [5, 5.41) is 2.90. The Hall–Kier alpha value is -4.34. The fourth-order valence-electron chi connectivity index (χ4n) is 4.65. The van der Waals surface area contributed by atoms with E-state index in [1.807, 2.05) is 48.5 Å². The van der Waals surface area contributed by atoms with E-state index in [-0.39, 0.29) is 11.5 Å². The summed E-state index contributed by atoms with van der Waals surface area (Å²) in [6, 6.07) is 25.5. The lowest BCUT2D eigenvalue weighted by Gasteiger charge is -2.25. The van der Waals surface area contributed by atoms with Gasteiger partial charge in [-0.15, -0.1) is 0 Å². The van der Waals surface area contributed by atoms with Gasteiger partial charge in [-0.05, 0) is 61.0 Å². The van der Waals surface area contributed by atoms with Gasteiger partial charge in [0.25, 0.3) is 11.5 Å². The second-order valence-corrected chi connectivity index (χ2v) is 11.1. The summed E-state index contributed by atoms with van der Waals surface area (Å²) in [5.74, 6) is 0.378. The molecule has 2 aromatic heterocycles. The van der Waals surface area contributed by atoms with E-state index in [1.165, 1.54) is 28.0 Å². The molecule has 1 N–H and O–H groups in total. The Morgan fingerprint density at radius 3 is 2.58 bits per heavy atom. The highest BCUT2D eigenvalue weighted by atomic mass is 79.9. The first kappa shape index (κ1) is 25.9. The van der Waals surface area contributed by atoms with Crippen LogP contribution in [0.1, 0.15) is 24.3 Å². The van der Waals surface area contributed by atoms with Gasteiger partial charge in [0.1, 0.15) is 17.3 Å². The Balaban J connectivity index is 1.45. The minimum absolute atomic E-state index is 0.310. The number of amides is 1. The molecule has 0 bridgehead atoms. The van der Waals surface area contributed by atoms with E-state index in [0.29, 0.717) is 43.4 Å². The molecule has 0 radical (unpaired) electrons. The van der Waals surface area contributed by atoms with Gasteiger partial charge in [0.2, 0.25) is 0 Å². The van der Waals surface area contributed by atoms with Crippen LogP contribution in [-0.4, -0.2) is 10.5 Å². The molecule has 6 nitrogen and oxygen atoms in total. The van der Waals surface area contributed by atoms with Crippen molar-refractivity contribution in [2.75, 3.05) is 5.32 Å². The second kappa shape index (κ2) is 10.7. The third-order valence-electron chi connectivity index (χ3n) is 6.49. The minimum Gasteiger partial charge on any atom is -0.457 e. The summed E-state index contributed by atoms with van der Waals surface area (Å²) in [6.07, 6.45) is 1.68. The molecule has 1 aliphatic rings. The van der Waals surface area contributed by atoms with E-state index in [9.17, 15) is 14.0 Å². The fraction of sp³-hybridized carbons (Fsp3) is 0.0645. The van der Waals surface area contributed by atoms with Gasteiger partial charge in [0.15, 0.2) is 4.80 Å². The molecule has 198 valence electrons. The minimum atomic E-state index is -0.795. The Morgan fingerprint density at radius 2 is 1.82 bits per heavy atom. The Kier molecular flexibility index (Phi) is 6.91. The average molecular weight is 614 g/mol. The molecule has 1 atom stereocenters. The number of anilines is 1. The normalized spacial score (nSPS) is 15.1. The molecule has 5 aromatic rings. The molecule has 0 saturated carbocycles. The van der Waals surface area contributed by atoms with Crippen molar-refractivity contribution in [2.24, 2.45) is 4.99 Å². The van der Waals surface area contributed by atoms with Gasteiger partial charge in [-0.3, -0.25) is 14.2 Å². The van der Waals surface area contributed by atoms with Crippen molar-refractivity contribution < 1.29 is 13.6 Å². The zero-order valence-electron chi connectivity index (χ0n) is 21.1. The Labute approximate surface area is 240 Å². The zero-order valence-corrected chi connectivity index (χ0v) is 23.5. The van der Waals surface area contributed by atoms with Crippen molar-refractivity contribution >= 4 is 44.9 Å². The van der Waals surface area contributed by atoms with Crippen molar-refractivity contribution in [3.8, 4) is 11.3 Å². The first-order valence-corrected chi connectivity index (χ1v) is 14.0. The van der Waals surface area contributed by atoms with Gasteiger partial charge in [-0.2, -0.15) is 0 Å². The number of rotatable bonds is 5. The second-order valence-electron chi connectivity index (χ2n) is 9.17. The van der Waals surface area contributed by atoms with Crippen LogP contribution in [0.4, 0.5) is 10.1 Å². The number of nitrogens with one attached hydrogen (secondary N) is 1. The van der Waals surface area contributed by atoms with Crippen LogP contribution in [0.2, 0.25) is 0 Å². The van der Waals surface area contributed by atoms with E-state index in [4.69, 9.17) is 4.42 Å². The summed E-state index contributed by atoms with van der Waals surface area (Å²) in [4.78, 5) is 32.5. The molecule has 0 fully saturated rings. The smallest absolute Gasteiger partial charge is 0.271 e. The number of halogens is 2. The van der Waals surface area contributed by atoms with Crippen LogP contribution in [0.3, 0.4) is 0 Å². The number of hydrogen-bond donors (Lipinski definition) is 1. The van der Waals surface area contributed by atoms with Gasteiger partial charge < -0.3 is 9.73 Å². The van der Waals surface area contributed by atoms with E-state index >= 15 is 0 Å². The van der Waals surface area contributed by atoms with Crippen molar-refractivity contribution in [1.82, 2.24) is 4.57 Å². The van der Waals surface area contributed by atoms with Crippen LogP contribution in [0.15, 0.2) is 121 Å². The van der Waals surface area contributed by atoms with E-state index in [2.05, 4.69) is 26.2 Å². The Bertz CT molecular complexity index is 1960. The number of carbonyl (C=O) groups excluding carboxylic acids is 1. The van der Waals surface area contributed by atoms with Crippen LogP contribution < -0.4 is 20.2 Å². The van der Waals surface area contributed by atoms with Crippen LogP contribution in [0.5, 0.6) is 0 Å². The van der Waals surface area contributed by atoms with Crippen molar-refractivity contribution in [1.29, 1.82) is 0 Å². The molecule has 0 aliphatic carbocycles. The average Bonchev–Trinajstić information content (AvgIpc) is 3.53. The zero-order chi connectivity index (χ0) is 27.8. The molecule has 0 unspecified atom stereocenters. The number of nitrogens with zero attached hydrogens (tertiary/aromatic N) is 2. The highest BCUT2D eigenvalue weighted by Crippen LogP contribution is 2.31. The predicted octanol–water partition coefficient (Wildman–Crippen LogP) is 6.04. The highest BCUT2D eigenvalue weighted by molar-refractivity contribution is 9.10. The number of furan rings is 1. The van der Waals surface area contributed by atoms with E-state index in [0.717, 1.165) is 10.0 Å². The predicted molar refractivity (Wildman–Crippen MR) is 157 cm³/mol. The monoisotopic (exact) mass is 613 g/mol. The molecule has 0 saturated heterocycles. The van der Waals surface area contributed by atoms with Crippen LogP contribution in [0, 0.1) is 5.82 Å². The molecule has 0 spiro atoms. The molecular formula is C31H21BrFN3O3S. The van der Waals surface area contributed by atoms with Crippen molar-refractivity contribution in [2.45, 2.75) is 13.0 Å². The van der Waals surface area contributed by atoms with Crippen molar-refractivity contribution in [3.05, 3.63) is 144 Å². The molecule has 40 heavy (non-hydrogen) atoms. The third-order valence-corrected chi connectivity index (χ3v) is 7.97. The summed E-state index contributed by atoms with van der Waals surface area (Å²) in [5.41, 5.74) is 2.57. The van der Waals surface area contributed by atoms with Crippen LogP contribution in [-0.2, 0) is 4.79 Å². The summed E-state index contributed by atoms with van der Waals surface area (Å²) < 4.78 is 22.7. The summed E-state index contributed by atoms with van der Waals surface area (Å²) in [7, 11) is 0. The lowest BCUT2D eigenvalue weighted by Crippen LogP contribution is -2.40. The van der Waals surface area contributed by atoms with Gasteiger partial charge >= 0.3 is 0 Å². The lowest BCUT2D eigenvalue weighted by molar-refractivity contribution is -0.113. The van der Waals surface area contributed by atoms with Gasteiger partial charge in [0, 0.05) is 21.8 Å². The maximum atomic E-state index is 13.8. The number of aromatic nitrogens is 1. The molecule has 1 aliphatic heterocycles. The highest BCUT2D eigenvalue weighted by Gasteiger charge is 2.32. The molecule has 1 amide bonds. The van der Waals surface area contributed by atoms with Gasteiger partial charge in [-0.25, -0.2) is 9.38 Å². The number of thiazole rings is 1. The first-order valence-electron chi connectivity index (χ1n) is 12.4. The number of allylic oxidation sites excluding steroid dienone is 1. The van der Waals surface area contributed by atoms with Gasteiger partial charge in [0.05, 0.1) is 21.8 Å². The maximum absolute atomic E-state index is 13.8. The summed E-state index contributed by atoms with van der Waals surface area (Å²) in [6.45, 7) is 1.74. The number of hydrogen-bond acceptors (Lipinski definition) is 5. The third kappa shape index (κ3) is 5.01. The standard InChI is InChI=1S/C31H21BrFN3O3S/c1-18-27(29(37)35-23-8-3-2-4-9-23)28(19-10-12-22(33)13-11-19)36-30(38)26(40-31(36)34-18)17-24-14-15-25(39-24)20-6-5-7-21(32)16-20/h2-17,28H,1H3,(H,35,37)/b26-17+/t28-/m0/s1. The molecule has 6 rings (SSSR count). The molecule has 9 heteroatoms. The number of para-hydroxylation sites is 1. The maximum Gasteiger partial charge on any atom is 0.271 e. The molecular weight excluding hydrogens is 593 g/mol. The fourth-order valence-corrected chi connectivity index (χ4v) is 6.07. The SMILES string of the molecule is CC1=C(C(=O)Nc2ccccc2)[C@H](c2ccc(F)cc2)n2c(s/c(=C/c3ccc(-c4cccc(Br)c4)o3)c2=O)=N1. The van der Waals surface area contributed by atoms with Crippen LogP contribution in [0.25, 0.3) is 17.4 Å². The van der Waals surface area contributed by atoms with Crippen LogP contribution >= 0.6 is 27.3 Å². The topological polar surface area (TPSA) is 76.6 Å². The Morgan fingerprint density at radius 1 is 1.05 bits per heavy atom. The number of benzene rings is 3. The number of fused-ring (bicyclic) bond motifs is 1. The van der Waals surface area contributed by atoms with Gasteiger partial charge in [-0.1, -0.05) is 69.7 Å². The number of carbonyl (C=O) groups is 1. The molecule has 3 aromatic carbocycles. The van der Waals surface area contributed by atoms with Crippen molar-refractivity contribution in [3.63, 3.8) is 0 Å². The van der Waals surface area contributed by atoms with E-state index in [1.54, 1.807) is 43.3 Å². The summed E-state index contributed by atoms with van der Waals surface area (Å²) >= 11 is 4.68. The molecule has 3 heterocycles. The largest absolute Gasteiger partial charge is 0.457 e.